The fourth-order valence-electron chi connectivity index (χ4n) is 4.92. The summed E-state index contributed by atoms with van der Waals surface area (Å²) < 4.78 is 11.5. The SMILES string of the molecule is CN(C[C@@H](O)COCCOc1ccc(C(C)(C)CC(C)(C)C)cc1)C1CCCCC1. The Labute approximate surface area is 185 Å². The van der Waals surface area contributed by atoms with E-state index in [0.717, 1.165) is 12.2 Å². The van der Waals surface area contributed by atoms with Gasteiger partial charge in [0.1, 0.15) is 12.4 Å². The molecule has 4 nitrogen and oxygen atoms in total. The maximum Gasteiger partial charge on any atom is 0.119 e. The van der Waals surface area contributed by atoms with Crippen molar-refractivity contribution in [3.63, 3.8) is 0 Å². The Bertz CT molecular complexity index is 600. The smallest absolute Gasteiger partial charge is 0.119 e. The molecule has 1 N–H and O–H groups in total. The number of aliphatic hydroxyl groups excluding tert-OH is 1. The second kappa shape index (κ2) is 11.5. The predicted octanol–water partition coefficient (Wildman–Crippen LogP) is 5.42. The van der Waals surface area contributed by atoms with E-state index in [1.807, 2.05) is 12.1 Å². The quantitative estimate of drug-likeness (QED) is 0.486. The van der Waals surface area contributed by atoms with Crippen LogP contribution in [0.2, 0.25) is 0 Å². The van der Waals surface area contributed by atoms with Crippen LogP contribution in [0.1, 0.15) is 78.7 Å². The average Bonchev–Trinajstić information content (AvgIpc) is 2.67. The van der Waals surface area contributed by atoms with Crippen LogP contribution in [0.15, 0.2) is 24.3 Å². The summed E-state index contributed by atoms with van der Waals surface area (Å²) in [6.07, 6.45) is 7.18. The van der Waals surface area contributed by atoms with E-state index in [9.17, 15) is 5.11 Å². The third-order valence-electron chi connectivity index (χ3n) is 6.11. The number of ether oxygens (including phenoxy) is 2. The topological polar surface area (TPSA) is 41.9 Å². The molecule has 172 valence electrons. The van der Waals surface area contributed by atoms with Crippen molar-refractivity contribution in [2.24, 2.45) is 5.41 Å². The molecule has 4 heteroatoms. The fraction of sp³-hybridized carbons (Fsp3) is 0.769. The first-order chi connectivity index (χ1) is 14.1. The van der Waals surface area contributed by atoms with Crippen molar-refractivity contribution in [1.82, 2.24) is 4.90 Å². The summed E-state index contributed by atoms with van der Waals surface area (Å²) in [6, 6.07) is 9.06. The van der Waals surface area contributed by atoms with Crippen molar-refractivity contribution in [1.29, 1.82) is 0 Å². The lowest BCUT2D eigenvalue weighted by atomic mass is 9.72. The first-order valence-electron chi connectivity index (χ1n) is 11.8. The lowest BCUT2D eigenvalue weighted by molar-refractivity contribution is 0.00326. The van der Waals surface area contributed by atoms with E-state index in [4.69, 9.17) is 9.47 Å². The van der Waals surface area contributed by atoms with Gasteiger partial charge in [-0.3, -0.25) is 0 Å². The highest BCUT2D eigenvalue weighted by molar-refractivity contribution is 5.31. The highest BCUT2D eigenvalue weighted by Gasteiger charge is 2.27. The number of nitrogens with zero attached hydrogens (tertiary/aromatic N) is 1. The van der Waals surface area contributed by atoms with E-state index in [1.54, 1.807) is 0 Å². The number of hydrogen-bond acceptors (Lipinski definition) is 4. The third kappa shape index (κ3) is 8.95. The standard InChI is InChI=1S/C26H45NO3/c1-25(2,3)20-26(4,5)21-12-14-24(15-13-21)30-17-16-29-19-23(28)18-27(6)22-10-8-7-9-11-22/h12-15,22-23,28H,7-11,16-20H2,1-6H3/t23-/m1/s1. The van der Waals surface area contributed by atoms with Crippen molar-refractivity contribution in [2.75, 3.05) is 33.4 Å². The maximum atomic E-state index is 10.2. The second-order valence-electron chi connectivity index (χ2n) is 11.0. The highest BCUT2D eigenvalue weighted by atomic mass is 16.5. The summed E-state index contributed by atoms with van der Waals surface area (Å²) in [5, 5.41) is 10.2. The van der Waals surface area contributed by atoms with Crippen LogP contribution < -0.4 is 4.74 Å². The molecule has 1 aromatic rings. The largest absolute Gasteiger partial charge is 0.491 e. The van der Waals surface area contributed by atoms with Crippen LogP contribution in [0.5, 0.6) is 5.75 Å². The Morgan fingerprint density at radius 3 is 2.23 bits per heavy atom. The van der Waals surface area contributed by atoms with E-state index >= 15 is 0 Å². The van der Waals surface area contributed by atoms with Gasteiger partial charge in [0.05, 0.1) is 19.3 Å². The predicted molar refractivity (Wildman–Crippen MR) is 125 cm³/mol. The Morgan fingerprint density at radius 2 is 1.63 bits per heavy atom. The lowest BCUT2D eigenvalue weighted by Crippen LogP contribution is -2.40. The minimum Gasteiger partial charge on any atom is -0.491 e. The molecule has 0 bridgehead atoms. The number of hydrogen-bond donors (Lipinski definition) is 1. The minimum atomic E-state index is -0.443. The van der Waals surface area contributed by atoms with Gasteiger partial charge in [0.15, 0.2) is 0 Å². The molecule has 0 aliphatic heterocycles. The molecule has 1 saturated carbocycles. The number of benzene rings is 1. The van der Waals surface area contributed by atoms with Crippen molar-refractivity contribution < 1.29 is 14.6 Å². The molecule has 0 radical (unpaired) electrons. The van der Waals surface area contributed by atoms with Gasteiger partial charge in [-0.2, -0.15) is 0 Å². The van der Waals surface area contributed by atoms with Gasteiger partial charge in [-0.25, -0.2) is 0 Å². The Morgan fingerprint density at radius 1 is 1.00 bits per heavy atom. The van der Waals surface area contributed by atoms with Gasteiger partial charge in [-0.1, -0.05) is 66.0 Å². The summed E-state index contributed by atoms with van der Waals surface area (Å²) in [4.78, 5) is 2.30. The molecular weight excluding hydrogens is 374 g/mol. The summed E-state index contributed by atoms with van der Waals surface area (Å²) in [7, 11) is 2.12. The van der Waals surface area contributed by atoms with Crippen LogP contribution in [0.4, 0.5) is 0 Å². The molecule has 2 rings (SSSR count). The van der Waals surface area contributed by atoms with Crippen molar-refractivity contribution in [2.45, 2.75) is 90.7 Å². The molecule has 0 unspecified atom stereocenters. The molecule has 0 saturated heterocycles. The Balaban J connectivity index is 1.64. The molecule has 1 atom stereocenters. The number of likely N-dealkylation sites (N-methyl/N-ethyl adjacent to an activating group) is 1. The van der Waals surface area contributed by atoms with E-state index in [0.29, 0.717) is 37.8 Å². The molecule has 1 aromatic carbocycles. The van der Waals surface area contributed by atoms with E-state index in [1.165, 1.54) is 37.7 Å². The van der Waals surface area contributed by atoms with Gasteiger partial charge in [0, 0.05) is 12.6 Å². The van der Waals surface area contributed by atoms with Crippen LogP contribution >= 0.6 is 0 Å². The van der Waals surface area contributed by atoms with E-state index in [-0.39, 0.29) is 5.41 Å². The molecule has 0 amide bonds. The number of rotatable bonds is 11. The van der Waals surface area contributed by atoms with Gasteiger partial charge in [0.2, 0.25) is 0 Å². The molecule has 1 aliphatic rings. The van der Waals surface area contributed by atoms with Gasteiger partial charge in [-0.05, 0) is 54.8 Å². The zero-order chi connectivity index (χ0) is 22.2. The maximum absolute atomic E-state index is 10.2. The van der Waals surface area contributed by atoms with Crippen LogP contribution in [-0.2, 0) is 10.2 Å². The van der Waals surface area contributed by atoms with Gasteiger partial charge in [0.25, 0.3) is 0 Å². The molecule has 0 aromatic heterocycles. The van der Waals surface area contributed by atoms with Crippen LogP contribution in [-0.4, -0.2) is 55.6 Å². The molecule has 1 fully saturated rings. The molecule has 0 heterocycles. The first-order valence-corrected chi connectivity index (χ1v) is 11.8. The van der Waals surface area contributed by atoms with Crippen LogP contribution in [0.3, 0.4) is 0 Å². The van der Waals surface area contributed by atoms with Crippen LogP contribution in [0.25, 0.3) is 0 Å². The summed E-state index contributed by atoms with van der Waals surface area (Å²) in [5.74, 6) is 0.867. The summed E-state index contributed by atoms with van der Waals surface area (Å²) in [6.45, 7) is 13.5. The van der Waals surface area contributed by atoms with Crippen LogP contribution in [0, 0.1) is 5.41 Å². The molecule has 30 heavy (non-hydrogen) atoms. The lowest BCUT2D eigenvalue weighted by Gasteiger charge is -2.33. The summed E-state index contributed by atoms with van der Waals surface area (Å²) >= 11 is 0. The van der Waals surface area contributed by atoms with Gasteiger partial charge >= 0.3 is 0 Å². The molecule has 1 aliphatic carbocycles. The summed E-state index contributed by atoms with van der Waals surface area (Å²) in [5.41, 5.74) is 1.78. The van der Waals surface area contributed by atoms with Crippen molar-refractivity contribution in [3.05, 3.63) is 29.8 Å². The van der Waals surface area contributed by atoms with Crippen molar-refractivity contribution in [3.8, 4) is 5.75 Å². The van der Waals surface area contributed by atoms with E-state index < -0.39 is 6.10 Å². The van der Waals surface area contributed by atoms with Crippen molar-refractivity contribution >= 4 is 0 Å². The normalized spacial score (nSPS) is 17.3. The van der Waals surface area contributed by atoms with Gasteiger partial charge < -0.3 is 19.5 Å². The fourth-order valence-corrected chi connectivity index (χ4v) is 4.92. The number of aliphatic hydroxyl groups is 1. The zero-order valence-electron chi connectivity index (χ0n) is 20.2. The Kier molecular flexibility index (Phi) is 9.65. The average molecular weight is 420 g/mol. The Hall–Kier alpha value is -1.10. The second-order valence-corrected chi connectivity index (χ2v) is 11.0. The van der Waals surface area contributed by atoms with E-state index in [2.05, 4.69) is 58.7 Å². The monoisotopic (exact) mass is 419 g/mol. The zero-order valence-corrected chi connectivity index (χ0v) is 20.2. The molecule has 0 spiro atoms. The highest BCUT2D eigenvalue weighted by Crippen LogP contribution is 2.36. The minimum absolute atomic E-state index is 0.140. The molecular formula is C26H45NO3. The third-order valence-corrected chi connectivity index (χ3v) is 6.11. The first kappa shape index (κ1) is 25.2. The van der Waals surface area contributed by atoms with Gasteiger partial charge in [-0.15, -0.1) is 0 Å².